The van der Waals surface area contributed by atoms with Gasteiger partial charge in [-0.3, -0.25) is 9.89 Å². The molecule has 5 rings (SSSR count). The van der Waals surface area contributed by atoms with Crippen LogP contribution < -0.4 is 21.1 Å². The molecule has 0 aliphatic heterocycles. The molecule has 9 heteroatoms. The molecule has 0 spiro atoms. The highest BCUT2D eigenvalue weighted by molar-refractivity contribution is 5.52. The molecule has 0 saturated heterocycles. The van der Waals surface area contributed by atoms with Gasteiger partial charge >= 0.3 is 0 Å². The summed E-state index contributed by atoms with van der Waals surface area (Å²) in [5.41, 5.74) is 6.73. The molecule has 2 heterocycles. The number of carbonyl (C=O) groups excluding carboxylic acids is 1. The number of aromatic nitrogens is 4. The van der Waals surface area contributed by atoms with E-state index in [1.807, 2.05) is 12.1 Å². The van der Waals surface area contributed by atoms with Gasteiger partial charge in [0, 0.05) is 29.9 Å². The lowest BCUT2D eigenvalue weighted by Crippen LogP contribution is -2.26. The highest BCUT2D eigenvalue weighted by atomic mass is 16.5. The van der Waals surface area contributed by atoms with Gasteiger partial charge in [0.1, 0.15) is 11.6 Å². The largest absolute Gasteiger partial charge is 0.429 e. The fraction of sp³-hybridized carbons (Fsp3) is 0.462. The smallest absolute Gasteiger partial charge is 0.298 e. The Balaban J connectivity index is 0.000000168. The number of carbonyl (C=O) groups is 1. The fourth-order valence-corrected chi connectivity index (χ4v) is 4.37. The van der Waals surface area contributed by atoms with Gasteiger partial charge in [0.25, 0.3) is 6.47 Å². The summed E-state index contributed by atoms with van der Waals surface area (Å²) in [4.78, 5) is 17.7. The van der Waals surface area contributed by atoms with E-state index in [4.69, 9.17) is 5.73 Å². The highest BCUT2D eigenvalue weighted by Crippen LogP contribution is 2.33. The molecule has 0 atom stereocenters. The van der Waals surface area contributed by atoms with E-state index < -0.39 is 0 Å². The van der Waals surface area contributed by atoms with Crippen LogP contribution in [0, 0.1) is 0 Å². The topological polar surface area (TPSA) is 131 Å². The molecule has 35 heavy (non-hydrogen) atoms. The maximum Gasteiger partial charge on any atom is 0.298 e. The van der Waals surface area contributed by atoms with E-state index in [0.717, 1.165) is 11.9 Å². The van der Waals surface area contributed by atoms with Crippen molar-refractivity contribution in [3.63, 3.8) is 0 Å². The van der Waals surface area contributed by atoms with Crippen LogP contribution in [-0.4, -0.2) is 39.7 Å². The molecule has 188 valence electrons. The third-order valence-corrected chi connectivity index (χ3v) is 6.26. The quantitative estimate of drug-likeness (QED) is 0.366. The molecule has 0 amide bonds. The standard InChI is InChI=1S/C12H16N6.C7H15N.C7H6O2/c13-12-14-6-5-10(16-12)15-11-7-9(17-18-11)8-3-1-2-4-8;1-8-7-5-3-2-4-6-7;8-6-9-7-4-2-1-3-5-7/h5-8H,1-4H2,(H4,13,14,15,16,17,18);7-8H,2-6H2,1H3;1-6H. The van der Waals surface area contributed by atoms with Crippen LogP contribution in [0.3, 0.4) is 0 Å². The number of rotatable bonds is 6. The van der Waals surface area contributed by atoms with Gasteiger partial charge in [-0.2, -0.15) is 10.1 Å². The number of nitrogens with two attached hydrogens (primary N) is 1. The fourth-order valence-electron chi connectivity index (χ4n) is 4.37. The van der Waals surface area contributed by atoms with Gasteiger partial charge in [-0.05, 0) is 50.9 Å². The third kappa shape index (κ3) is 9.36. The average molecular weight is 480 g/mol. The Hall–Kier alpha value is -3.46. The van der Waals surface area contributed by atoms with E-state index in [9.17, 15) is 4.79 Å². The minimum Gasteiger partial charge on any atom is -0.429 e. The first-order chi connectivity index (χ1) is 17.2. The minimum atomic E-state index is 0.256. The van der Waals surface area contributed by atoms with Gasteiger partial charge in [-0.25, -0.2) is 4.98 Å². The first-order valence-corrected chi connectivity index (χ1v) is 12.4. The summed E-state index contributed by atoms with van der Waals surface area (Å²) in [7, 11) is 2.07. The number of anilines is 3. The van der Waals surface area contributed by atoms with E-state index in [1.54, 1.807) is 36.5 Å². The van der Waals surface area contributed by atoms with Gasteiger partial charge in [0.05, 0.1) is 0 Å². The Morgan fingerprint density at radius 3 is 2.34 bits per heavy atom. The maximum absolute atomic E-state index is 9.75. The molecule has 9 nitrogen and oxygen atoms in total. The maximum atomic E-state index is 9.75. The van der Waals surface area contributed by atoms with Crippen LogP contribution in [-0.2, 0) is 4.79 Å². The number of nitrogens with zero attached hydrogens (tertiary/aromatic N) is 3. The second kappa shape index (κ2) is 14.7. The van der Waals surface area contributed by atoms with Gasteiger partial charge in [-0.1, -0.05) is 50.3 Å². The molecule has 0 bridgehead atoms. The summed E-state index contributed by atoms with van der Waals surface area (Å²) in [6, 6.07) is 13.6. The number of nitrogens with one attached hydrogen (secondary N) is 3. The number of hydrogen-bond acceptors (Lipinski definition) is 8. The van der Waals surface area contributed by atoms with E-state index in [2.05, 4.69) is 42.6 Å². The van der Waals surface area contributed by atoms with Gasteiger partial charge in [0.2, 0.25) is 5.95 Å². The molecule has 2 saturated carbocycles. The zero-order valence-electron chi connectivity index (χ0n) is 20.5. The molecular formula is C26H37N7O2. The summed E-state index contributed by atoms with van der Waals surface area (Å²) >= 11 is 0. The van der Waals surface area contributed by atoms with E-state index in [0.29, 0.717) is 24.0 Å². The summed E-state index contributed by atoms with van der Waals surface area (Å²) in [6.45, 7) is 0.412. The lowest BCUT2D eigenvalue weighted by atomic mass is 9.96. The first kappa shape index (κ1) is 26.2. The van der Waals surface area contributed by atoms with Crippen molar-refractivity contribution in [3.05, 3.63) is 54.4 Å². The lowest BCUT2D eigenvalue weighted by Gasteiger charge is -2.20. The Morgan fingerprint density at radius 1 is 1.00 bits per heavy atom. The predicted molar refractivity (Wildman–Crippen MR) is 139 cm³/mol. The molecule has 2 aliphatic rings. The van der Waals surface area contributed by atoms with Crippen LogP contribution in [0.15, 0.2) is 48.7 Å². The van der Waals surface area contributed by atoms with Crippen LogP contribution in [0.2, 0.25) is 0 Å². The Labute approximate surface area is 207 Å². The lowest BCUT2D eigenvalue weighted by molar-refractivity contribution is -0.120. The number of benzene rings is 1. The zero-order chi connectivity index (χ0) is 24.7. The third-order valence-electron chi connectivity index (χ3n) is 6.26. The highest BCUT2D eigenvalue weighted by Gasteiger charge is 2.19. The number of aromatic amines is 1. The van der Waals surface area contributed by atoms with E-state index in [-0.39, 0.29) is 5.95 Å². The molecule has 3 aromatic rings. The molecular weight excluding hydrogens is 442 g/mol. The van der Waals surface area contributed by atoms with Gasteiger partial charge in [-0.15, -0.1) is 0 Å². The average Bonchev–Trinajstić information content (AvgIpc) is 3.59. The molecule has 0 radical (unpaired) electrons. The van der Waals surface area contributed by atoms with Gasteiger partial charge < -0.3 is 21.1 Å². The van der Waals surface area contributed by atoms with Crippen LogP contribution in [0.1, 0.15) is 69.4 Å². The van der Waals surface area contributed by atoms with Crippen LogP contribution in [0.25, 0.3) is 0 Å². The van der Waals surface area contributed by atoms with Crippen LogP contribution in [0.5, 0.6) is 5.75 Å². The summed E-state index contributed by atoms with van der Waals surface area (Å²) < 4.78 is 4.53. The molecule has 5 N–H and O–H groups in total. The van der Waals surface area contributed by atoms with Crippen molar-refractivity contribution in [1.82, 2.24) is 25.5 Å². The van der Waals surface area contributed by atoms with E-state index in [1.165, 1.54) is 63.5 Å². The molecule has 2 aromatic heterocycles. The van der Waals surface area contributed by atoms with Crippen molar-refractivity contribution in [2.75, 3.05) is 18.1 Å². The molecule has 2 aliphatic carbocycles. The van der Waals surface area contributed by atoms with Crippen molar-refractivity contribution in [2.24, 2.45) is 0 Å². The van der Waals surface area contributed by atoms with Crippen molar-refractivity contribution < 1.29 is 9.53 Å². The molecule has 0 unspecified atom stereocenters. The van der Waals surface area contributed by atoms with Crippen molar-refractivity contribution in [2.45, 2.75) is 69.7 Å². The Kier molecular flexibility index (Phi) is 11.0. The normalized spacial score (nSPS) is 15.8. The number of ether oxygens (including phenoxy) is 1. The second-order valence-electron chi connectivity index (χ2n) is 8.77. The van der Waals surface area contributed by atoms with Crippen LogP contribution in [0.4, 0.5) is 17.6 Å². The van der Waals surface area contributed by atoms with E-state index >= 15 is 0 Å². The van der Waals surface area contributed by atoms with Gasteiger partial charge in [0.15, 0.2) is 5.82 Å². The molecule has 2 fully saturated rings. The number of H-pyrrole nitrogens is 1. The van der Waals surface area contributed by atoms with Crippen molar-refractivity contribution in [3.8, 4) is 5.75 Å². The number of nitrogen functional groups attached to an aromatic ring is 1. The Morgan fingerprint density at radius 2 is 1.71 bits per heavy atom. The first-order valence-electron chi connectivity index (χ1n) is 12.4. The molecule has 1 aromatic carbocycles. The number of hydrogen-bond donors (Lipinski definition) is 4. The monoisotopic (exact) mass is 479 g/mol. The predicted octanol–water partition coefficient (Wildman–Crippen LogP) is 4.94. The summed E-state index contributed by atoms with van der Waals surface area (Å²) in [5, 5.41) is 13.8. The van der Waals surface area contributed by atoms with Crippen molar-refractivity contribution in [1.29, 1.82) is 0 Å². The second-order valence-corrected chi connectivity index (χ2v) is 8.77. The summed E-state index contributed by atoms with van der Waals surface area (Å²) in [5.74, 6) is 2.89. The summed E-state index contributed by atoms with van der Waals surface area (Å²) in [6.07, 6.45) is 13.9. The zero-order valence-corrected chi connectivity index (χ0v) is 20.5. The van der Waals surface area contributed by atoms with Crippen LogP contribution >= 0.6 is 0 Å². The van der Waals surface area contributed by atoms with Crippen molar-refractivity contribution >= 4 is 24.1 Å². The SMILES string of the molecule is CNC1CCCCC1.Nc1nccc(Nc2cc(C3CCCC3)[nH]n2)n1.O=COc1ccccc1. The Bertz CT molecular complexity index is 984. The minimum absolute atomic E-state index is 0.256. The number of para-hydroxylation sites is 1.